The van der Waals surface area contributed by atoms with E-state index in [-0.39, 0.29) is 0 Å². The Kier molecular flexibility index (Phi) is 3.14. The summed E-state index contributed by atoms with van der Waals surface area (Å²) in [5.74, 6) is 0.924. The summed E-state index contributed by atoms with van der Waals surface area (Å²) in [6, 6.07) is 8.59. The molecular formula is C13H20N2. The lowest BCUT2D eigenvalue weighted by Gasteiger charge is -2.31. The number of nitrogens with zero attached hydrogens (tertiary/aromatic N) is 1. The second-order valence-electron chi connectivity index (χ2n) is 4.48. The Morgan fingerprint density at radius 1 is 1.40 bits per heavy atom. The van der Waals surface area contributed by atoms with Crippen molar-refractivity contribution in [1.29, 1.82) is 0 Å². The Hall–Kier alpha value is -1.18. The first kappa shape index (κ1) is 10.3. The monoisotopic (exact) mass is 204 g/mol. The second kappa shape index (κ2) is 4.56. The predicted octanol–water partition coefficient (Wildman–Crippen LogP) is 2.96. The molecule has 1 aromatic carbocycles. The van der Waals surface area contributed by atoms with Crippen molar-refractivity contribution in [3.8, 4) is 0 Å². The van der Waals surface area contributed by atoms with Crippen LogP contribution in [0.4, 0.5) is 11.4 Å². The maximum Gasteiger partial charge on any atom is 0.0384 e. The van der Waals surface area contributed by atoms with Crippen molar-refractivity contribution < 1.29 is 0 Å². The van der Waals surface area contributed by atoms with E-state index in [1.807, 2.05) is 7.05 Å². The molecule has 1 saturated carbocycles. The molecule has 0 unspecified atom stereocenters. The minimum atomic E-state index is 0.924. The lowest BCUT2D eigenvalue weighted by Crippen LogP contribution is -2.29. The van der Waals surface area contributed by atoms with Gasteiger partial charge in [-0.1, -0.05) is 12.5 Å². The molecule has 82 valence electrons. The SMILES string of the molecule is CNc1cccc(N(C)CC2CCC2)c1. The topological polar surface area (TPSA) is 15.3 Å². The highest BCUT2D eigenvalue weighted by Gasteiger charge is 2.19. The highest BCUT2D eigenvalue weighted by Crippen LogP contribution is 2.28. The molecule has 1 fully saturated rings. The molecule has 0 heterocycles. The number of anilines is 2. The number of hydrogen-bond donors (Lipinski definition) is 1. The number of rotatable bonds is 4. The Balaban J connectivity index is 1.99. The van der Waals surface area contributed by atoms with E-state index in [0.29, 0.717) is 0 Å². The maximum atomic E-state index is 3.18. The van der Waals surface area contributed by atoms with Crippen LogP contribution in [0.1, 0.15) is 19.3 Å². The molecule has 1 aromatic rings. The molecule has 0 amide bonds. The van der Waals surface area contributed by atoms with Crippen molar-refractivity contribution in [3.63, 3.8) is 0 Å². The summed E-state index contributed by atoms with van der Waals surface area (Å²) in [5, 5.41) is 3.18. The first-order valence-electron chi connectivity index (χ1n) is 5.78. The normalized spacial score (nSPS) is 15.9. The van der Waals surface area contributed by atoms with Gasteiger partial charge in [0.2, 0.25) is 0 Å². The number of hydrogen-bond acceptors (Lipinski definition) is 2. The fraction of sp³-hybridized carbons (Fsp3) is 0.538. The van der Waals surface area contributed by atoms with Gasteiger partial charge >= 0.3 is 0 Å². The van der Waals surface area contributed by atoms with Gasteiger partial charge in [0.1, 0.15) is 0 Å². The van der Waals surface area contributed by atoms with Crippen molar-refractivity contribution in [3.05, 3.63) is 24.3 Å². The molecule has 1 N–H and O–H groups in total. The Morgan fingerprint density at radius 2 is 2.20 bits per heavy atom. The summed E-state index contributed by atoms with van der Waals surface area (Å²) in [6.07, 6.45) is 4.25. The quantitative estimate of drug-likeness (QED) is 0.811. The molecule has 0 radical (unpaired) electrons. The Bertz CT molecular complexity index is 318. The fourth-order valence-corrected chi connectivity index (χ4v) is 2.07. The van der Waals surface area contributed by atoms with Crippen LogP contribution in [0.2, 0.25) is 0 Å². The van der Waals surface area contributed by atoms with E-state index >= 15 is 0 Å². The minimum absolute atomic E-state index is 0.924. The molecule has 2 nitrogen and oxygen atoms in total. The van der Waals surface area contributed by atoms with Crippen LogP contribution >= 0.6 is 0 Å². The van der Waals surface area contributed by atoms with E-state index in [2.05, 4.69) is 41.5 Å². The van der Waals surface area contributed by atoms with Gasteiger partial charge in [0.25, 0.3) is 0 Å². The van der Waals surface area contributed by atoms with Gasteiger partial charge in [-0.05, 0) is 37.0 Å². The highest BCUT2D eigenvalue weighted by molar-refractivity contribution is 5.57. The lowest BCUT2D eigenvalue weighted by atomic mass is 9.85. The standard InChI is InChI=1S/C13H20N2/c1-14-12-7-4-8-13(9-12)15(2)10-11-5-3-6-11/h4,7-9,11,14H,3,5-6,10H2,1-2H3. The third-order valence-corrected chi connectivity index (χ3v) is 3.33. The van der Waals surface area contributed by atoms with Crippen LogP contribution in [0.15, 0.2) is 24.3 Å². The Labute approximate surface area is 92.3 Å². The van der Waals surface area contributed by atoms with Crippen molar-refractivity contribution in [1.82, 2.24) is 0 Å². The van der Waals surface area contributed by atoms with Crippen LogP contribution in [0.5, 0.6) is 0 Å². The van der Waals surface area contributed by atoms with E-state index in [9.17, 15) is 0 Å². The molecular weight excluding hydrogens is 184 g/mol. The molecule has 0 aromatic heterocycles. The summed E-state index contributed by atoms with van der Waals surface area (Å²) >= 11 is 0. The lowest BCUT2D eigenvalue weighted by molar-refractivity contribution is 0.321. The van der Waals surface area contributed by atoms with Crippen LogP contribution in [0.3, 0.4) is 0 Å². The molecule has 0 bridgehead atoms. The van der Waals surface area contributed by atoms with E-state index < -0.39 is 0 Å². The van der Waals surface area contributed by atoms with Crippen LogP contribution in [0.25, 0.3) is 0 Å². The summed E-state index contributed by atoms with van der Waals surface area (Å²) in [5.41, 5.74) is 2.50. The van der Waals surface area contributed by atoms with Crippen LogP contribution in [-0.4, -0.2) is 20.6 Å². The van der Waals surface area contributed by atoms with E-state index in [1.165, 1.54) is 37.2 Å². The average Bonchev–Trinajstić information content (AvgIpc) is 2.23. The van der Waals surface area contributed by atoms with Crippen molar-refractivity contribution >= 4 is 11.4 Å². The molecule has 2 heteroatoms. The van der Waals surface area contributed by atoms with Gasteiger partial charge < -0.3 is 10.2 Å². The summed E-state index contributed by atoms with van der Waals surface area (Å²) in [6.45, 7) is 1.20. The third-order valence-electron chi connectivity index (χ3n) is 3.33. The average molecular weight is 204 g/mol. The van der Waals surface area contributed by atoms with E-state index in [1.54, 1.807) is 0 Å². The molecule has 1 aliphatic carbocycles. The van der Waals surface area contributed by atoms with Crippen LogP contribution in [-0.2, 0) is 0 Å². The number of nitrogens with one attached hydrogen (secondary N) is 1. The predicted molar refractivity (Wildman–Crippen MR) is 66.6 cm³/mol. The molecule has 0 spiro atoms. The third kappa shape index (κ3) is 2.44. The first-order chi connectivity index (χ1) is 7.29. The molecule has 2 rings (SSSR count). The number of benzene rings is 1. The maximum absolute atomic E-state index is 3.18. The molecule has 0 saturated heterocycles. The van der Waals surface area contributed by atoms with Crippen molar-refractivity contribution in [2.75, 3.05) is 30.9 Å². The van der Waals surface area contributed by atoms with E-state index in [0.717, 1.165) is 5.92 Å². The molecule has 1 aliphatic rings. The van der Waals surface area contributed by atoms with Crippen molar-refractivity contribution in [2.24, 2.45) is 5.92 Å². The Morgan fingerprint density at radius 3 is 2.80 bits per heavy atom. The van der Waals surface area contributed by atoms with Gasteiger partial charge in [0, 0.05) is 32.0 Å². The first-order valence-corrected chi connectivity index (χ1v) is 5.78. The second-order valence-corrected chi connectivity index (χ2v) is 4.48. The molecule has 15 heavy (non-hydrogen) atoms. The molecule has 0 atom stereocenters. The van der Waals surface area contributed by atoms with Gasteiger partial charge in [-0.3, -0.25) is 0 Å². The summed E-state index contributed by atoms with van der Waals surface area (Å²) < 4.78 is 0. The van der Waals surface area contributed by atoms with E-state index in [4.69, 9.17) is 0 Å². The van der Waals surface area contributed by atoms with Gasteiger partial charge in [-0.2, -0.15) is 0 Å². The zero-order valence-corrected chi connectivity index (χ0v) is 9.66. The summed E-state index contributed by atoms with van der Waals surface area (Å²) in [4.78, 5) is 2.37. The molecule has 0 aliphatic heterocycles. The van der Waals surface area contributed by atoms with Crippen molar-refractivity contribution in [2.45, 2.75) is 19.3 Å². The smallest absolute Gasteiger partial charge is 0.0384 e. The zero-order valence-electron chi connectivity index (χ0n) is 9.66. The highest BCUT2D eigenvalue weighted by atomic mass is 15.1. The van der Waals surface area contributed by atoms with Gasteiger partial charge in [0.15, 0.2) is 0 Å². The van der Waals surface area contributed by atoms with Gasteiger partial charge in [0.05, 0.1) is 0 Å². The zero-order chi connectivity index (χ0) is 10.7. The van der Waals surface area contributed by atoms with Crippen LogP contribution in [0, 0.1) is 5.92 Å². The summed E-state index contributed by atoms with van der Waals surface area (Å²) in [7, 11) is 4.15. The minimum Gasteiger partial charge on any atom is -0.388 e. The van der Waals surface area contributed by atoms with Gasteiger partial charge in [-0.25, -0.2) is 0 Å². The van der Waals surface area contributed by atoms with Crippen LogP contribution < -0.4 is 10.2 Å². The van der Waals surface area contributed by atoms with Gasteiger partial charge in [-0.15, -0.1) is 0 Å². The fourth-order valence-electron chi connectivity index (χ4n) is 2.07. The largest absolute Gasteiger partial charge is 0.388 e.